The summed E-state index contributed by atoms with van der Waals surface area (Å²) in [5, 5.41) is 4.95. The lowest BCUT2D eigenvalue weighted by Gasteiger charge is -2.19. The van der Waals surface area contributed by atoms with Crippen LogP contribution in [0.1, 0.15) is 37.6 Å². The van der Waals surface area contributed by atoms with Gasteiger partial charge in [-0.25, -0.2) is 4.68 Å². The maximum absolute atomic E-state index is 5.72. The van der Waals surface area contributed by atoms with Crippen molar-refractivity contribution in [3.63, 3.8) is 0 Å². The first-order valence-corrected chi connectivity index (χ1v) is 12.1. The number of rotatable bonds is 8. The molecule has 0 saturated heterocycles. The second kappa shape index (κ2) is 10.8. The van der Waals surface area contributed by atoms with Crippen molar-refractivity contribution >= 4 is 12.2 Å². The average Bonchev–Trinajstić information content (AvgIpc) is 3.34. The summed E-state index contributed by atoms with van der Waals surface area (Å²) in [7, 11) is 6.59. The van der Waals surface area contributed by atoms with Gasteiger partial charge < -0.3 is 18.9 Å². The van der Waals surface area contributed by atoms with Gasteiger partial charge in [0.1, 0.15) is 23.0 Å². The van der Waals surface area contributed by atoms with E-state index < -0.39 is 0 Å². The summed E-state index contributed by atoms with van der Waals surface area (Å²) in [5.41, 5.74) is 5.83. The second-order valence-electron chi connectivity index (χ2n) is 9.67. The van der Waals surface area contributed by atoms with Crippen molar-refractivity contribution in [3.05, 3.63) is 83.6 Å². The lowest BCUT2D eigenvalue weighted by atomic mass is 9.87. The topological polar surface area (TPSA) is 54.7 Å². The molecule has 0 spiro atoms. The van der Waals surface area contributed by atoms with Gasteiger partial charge in [-0.05, 0) is 65.6 Å². The summed E-state index contributed by atoms with van der Waals surface area (Å²) in [4.78, 5) is 0. The van der Waals surface area contributed by atoms with E-state index in [1.165, 1.54) is 5.56 Å². The lowest BCUT2D eigenvalue weighted by Crippen LogP contribution is -2.11. The molecule has 0 aliphatic rings. The van der Waals surface area contributed by atoms with Crippen LogP contribution in [0, 0.1) is 0 Å². The zero-order chi connectivity index (χ0) is 26.6. The summed E-state index contributed by atoms with van der Waals surface area (Å²) in [5.74, 6) is 2.91. The molecule has 192 valence electrons. The van der Waals surface area contributed by atoms with Crippen molar-refractivity contribution in [1.29, 1.82) is 0 Å². The Kier molecular flexibility index (Phi) is 7.58. The molecule has 1 heterocycles. The van der Waals surface area contributed by atoms with E-state index in [1.54, 1.807) is 28.4 Å². The molecule has 0 aliphatic carbocycles. The first-order valence-electron chi connectivity index (χ1n) is 12.1. The van der Waals surface area contributed by atoms with Crippen LogP contribution in [-0.4, -0.2) is 38.2 Å². The molecule has 0 fully saturated rings. The Labute approximate surface area is 219 Å². The van der Waals surface area contributed by atoms with Crippen LogP contribution < -0.4 is 18.9 Å². The van der Waals surface area contributed by atoms with Gasteiger partial charge >= 0.3 is 0 Å². The number of hydrogen-bond acceptors (Lipinski definition) is 5. The van der Waals surface area contributed by atoms with Crippen molar-refractivity contribution in [3.8, 4) is 39.9 Å². The fourth-order valence-corrected chi connectivity index (χ4v) is 4.11. The Hall–Kier alpha value is -4.19. The van der Waals surface area contributed by atoms with Gasteiger partial charge in [0.25, 0.3) is 0 Å². The molecule has 3 aromatic carbocycles. The minimum absolute atomic E-state index is 0.0655. The number of methoxy groups -OCH3 is 4. The molecule has 6 heteroatoms. The Morgan fingerprint density at radius 1 is 0.676 bits per heavy atom. The quantitative estimate of drug-likeness (QED) is 0.261. The van der Waals surface area contributed by atoms with Crippen molar-refractivity contribution in [1.82, 2.24) is 9.78 Å². The third kappa shape index (κ3) is 5.64. The smallest absolute Gasteiger partial charge is 0.131 e. The largest absolute Gasteiger partial charge is 0.497 e. The van der Waals surface area contributed by atoms with Crippen LogP contribution in [0.3, 0.4) is 0 Å². The molecule has 0 bridgehead atoms. The summed E-state index contributed by atoms with van der Waals surface area (Å²) >= 11 is 0. The molecule has 1 aromatic heterocycles. The number of benzene rings is 3. The zero-order valence-electron chi connectivity index (χ0n) is 22.5. The molecular weight excluding hydrogens is 464 g/mol. The van der Waals surface area contributed by atoms with Crippen LogP contribution in [0.15, 0.2) is 66.7 Å². The highest BCUT2D eigenvalue weighted by atomic mass is 16.5. The fourth-order valence-electron chi connectivity index (χ4n) is 4.11. The van der Waals surface area contributed by atoms with Gasteiger partial charge in [-0.1, -0.05) is 32.9 Å². The van der Waals surface area contributed by atoms with Gasteiger partial charge in [0.15, 0.2) is 0 Å². The Bertz CT molecular complexity index is 1400. The highest BCUT2D eigenvalue weighted by Gasteiger charge is 2.18. The standard InChI is InChI=1S/C31H34N2O4/c1-31(2,3)22-10-13-24(14-11-22)33-28(27-17-16-26(35-5)20-30(27)37-7)18-23(32-33)12-8-21-9-15-25(34-4)19-29(21)36-6/h8-20H,1-7H3. The molecule has 0 aliphatic heterocycles. The first-order chi connectivity index (χ1) is 17.8. The number of aromatic nitrogens is 2. The van der Waals surface area contributed by atoms with E-state index in [2.05, 4.69) is 51.1 Å². The molecule has 6 nitrogen and oxygen atoms in total. The Balaban J connectivity index is 1.81. The van der Waals surface area contributed by atoms with Gasteiger partial charge in [-0.15, -0.1) is 0 Å². The van der Waals surface area contributed by atoms with Crippen LogP contribution in [0.2, 0.25) is 0 Å². The third-order valence-electron chi connectivity index (χ3n) is 6.27. The SMILES string of the molecule is COc1ccc(C=Cc2cc(-c3ccc(OC)cc3OC)n(-c3ccc(C(C)(C)C)cc3)n2)c(OC)c1. The molecule has 4 aromatic rings. The summed E-state index contributed by atoms with van der Waals surface area (Å²) in [6, 6.07) is 22.1. The zero-order valence-corrected chi connectivity index (χ0v) is 22.5. The molecule has 0 amide bonds. The van der Waals surface area contributed by atoms with E-state index in [9.17, 15) is 0 Å². The Morgan fingerprint density at radius 3 is 1.89 bits per heavy atom. The average molecular weight is 499 g/mol. The lowest BCUT2D eigenvalue weighted by molar-refractivity contribution is 0.393. The van der Waals surface area contributed by atoms with Crippen LogP contribution in [0.4, 0.5) is 0 Å². The van der Waals surface area contributed by atoms with Crippen molar-refractivity contribution in [2.45, 2.75) is 26.2 Å². The minimum atomic E-state index is 0.0655. The number of ether oxygens (including phenoxy) is 4. The van der Waals surface area contributed by atoms with Crippen LogP contribution in [-0.2, 0) is 5.41 Å². The molecule has 0 atom stereocenters. The van der Waals surface area contributed by atoms with E-state index in [4.69, 9.17) is 24.0 Å². The van der Waals surface area contributed by atoms with Gasteiger partial charge in [0, 0.05) is 23.3 Å². The summed E-state index contributed by atoms with van der Waals surface area (Å²) in [6.07, 6.45) is 3.96. The first kappa shape index (κ1) is 25.9. The molecule has 4 rings (SSSR count). The third-order valence-corrected chi connectivity index (χ3v) is 6.27. The fraction of sp³-hybridized carbons (Fsp3) is 0.258. The van der Waals surface area contributed by atoms with E-state index in [0.717, 1.165) is 45.5 Å². The van der Waals surface area contributed by atoms with E-state index >= 15 is 0 Å². The predicted octanol–water partition coefficient (Wildman–Crippen LogP) is 7.04. The van der Waals surface area contributed by atoms with Gasteiger partial charge in [0.2, 0.25) is 0 Å². The predicted molar refractivity (Wildman–Crippen MR) is 149 cm³/mol. The monoisotopic (exact) mass is 498 g/mol. The molecule has 0 saturated carbocycles. The molecular formula is C31H34N2O4. The van der Waals surface area contributed by atoms with Gasteiger partial charge in [0.05, 0.1) is 45.5 Å². The highest BCUT2D eigenvalue weighted by molar-refractivity contribution is 5.76. The highest BCUT2D eigenvalue weighted by Crippen LogP contribution is 2.36. The van der Waals surface area contributed by atoms with Crippen LogP contribution >= 0.6 is 0 Å². The van der Waals surface area contributed by atoms with Gasteiger partial charge in [-0.3, -0.25) is 0 Å². The van der Waals surface area contributed by atoms with Crippen molar-refractivity contribution < 1.29 is 18.9 Å². The van der Waals surface area contributed by atoms with E-state index in [1.807, 2.05) is 53.2 Å². The molecule has 0 N–H and O–H groups in total. The number of nitrogens with zero attached hydrogens (tertiary/aromatic N) is 2. The molecule has 0 unspecified atom stereocenters. The summed E-state index contributed by atoms with van der Waals surface area (Å²) in [6.45, 7) is 6.62. The maximum Gasteiger partial charge on any atom is 0.131 e. The molecule has 0 radical (unpaired) electrons. The molecule has 37 heavy (non-hydrogen) atoms. The number of hydrogen-bond donors (Lipinski definition) is 0. The van der Waals surface area contributed by atoms with E-state index in [-0.39, 0.29) is 5.41 Å². The normalized spacial score (nSPS) is 11.5. The minimum Gasteiger partial charge on any atom is -0.497 e. The maximum atomic E-state index is 5.72. The Morgan fingerprint density at radius 2 is 1.30 bits per heavy atom. The van der Waals surface area contributed by atoms with Crippen molar-refractivity contribution in [2.75, 3.05) is 28.4 Å². The van der Waals surface area contributed by atoms with Crippen LogP contribution in [0.25, 0.3) is 29.1 Å². The second-order valence-corrected chi connectivity index (χ2v) is 9.67. The van der Waals surface area contributed by atoms with E-state index in [0.29, 0.717) is 5.75 Å². The van der Waals surface area contributed by atoms with Crippen LogP contribution in [0.5, 0.6) is 23.0 Å². The van der Waals surface area contributed by atoms with Crippen molar-refractivity contribution in [2.24, 2.45) is 0 Å². The summed E-state index contributed by atoms with van der Waals surface area (Å²) < 4.78 is 23.9. The van der Waals surface area contributed by atoms with Gasteiger partial charge in [-0.2, -0.15) is 5.10 Å².